The van der Waals surface area contributed by atoms with E-state index in [0.29, 0.717) is 0 Å². The lowest BCUT2D eigenvalue weighted by Gasteiger charge is -2.25. The maximum atomic E-state index is 9.02. The molecule has 0 aliphatic carbocycles. The number of nitrogens with zero attached hydrogens (tertiary/aromatic N) is 3. The van der Waals surface area contributed by atoms with Crippen molar-refractivity contribution in [2.75, 3.05) is 18.0 Å². The van der Waals surface area contributed by atoms with Gasteiger partial charge < -0.3 is 15.8 Å². The number of amidine groups is 1. The van der Waals surface area contributed by atoms with Gasteiger partial charge in [0.1, 0.15) is 5.82 Å². The Morgan fingerprint density at radius 3 is 2.86 bits per heavy atom. The number of pyridine rings is 1. The standard InChI is InChI=1S/C16H26N4O/c1-11(2)13-5-4-9-20(10-7-13)16-14(15(17)19-21)12(3)6-8-18-16/h6,8,11,13,21H,4-5,7,9-10H2,1-3H3,(H2,17,19). The SMILES string of the molecule is Cc1ccnc(N2CCCC(C(C)C)CC2)c1/C(N)=N/O. The van der Waals surface area contributed by atoms with Crippen molar-refractivity contribution in [3.63, 3.8) is 0 Å². The second-order valence-corrected chi connectivity index (χ2v) is 6.23. The molecule has 1 fully saturated rings. The normalized spacial score (nSPS) is 20.7. The summed E-state index contributed by atoms with van der Waals surface area (Å²) in [5.74, 6) is 2.47. The Kier molecular flexibility index (Phi) is 5.04. The van der Waals surface area contributed by atoms with Crippen LogP contribution in [0.2, 0.25) is 0 Å². The minimum atomic E-state index is 0.139. The molecule has 0 aromatic carbocycles. The van der Waals surface area contributed by atoms with Gasteiger partial charge in [-0.05, 0) is 49.7 Å². The van der Waals surface area contributed by atoms with Crippen LogP contribution < -0.4 is 10.6 Å². The Labute approximate surface area is 126 Å². The van der Waals surface area contributed by atoms with E-state index in [1.807, 2.05) is 13.0 Å². The smallest absolute Gasteiger partial charge is 0.174 e. The first-order valence-electron chi connectivity index (χ1n) is 7.73. The fraction of sp³-hybridized carbons (Fsp3) is 0.625. The highest BCUT2D eigenvalue weighted by atomic mass is 16.4. The molecule has 1 aliphatic rings. The Morgan fingerprint density at radius 1 is 1.43 bits per heavy atom. The lowest BCUT2D eigenvalue weighted by molar-refractivity contribution is 0.318. The lowest BCUT2D eigenvalue weighted by Crippen LogP contribution is -2.29. The molecule has 2 rings (SSSR count). The molecule has 1 aromatic heterocycles. The summed E-state index contributed by atoms with van der Waals surface area (Å²) < 4.78 is 0. The molecule has 0 saturated carbocycles. The number of hydrogen-bond donors (Lipinski definition) is 2. The van der Waals surface area contributed by atoms with E-state index in [1.165, 1.54) is 12.8 Å². The highest BCUT2D eigenvalue weighted by Crippen LogP contribution is 2.28. The monoisotopic (exact) mass is 290 g/mol. The molecule has 1 saturated heterocycles. The number of aromatic nitrogens is 1. The van der Waals surface area contributed by atoms with Crippen LogP contribution >= 0.6 is 0 Å². The topological polar surface area (TPSA) is 74.7 Å². The van der Waals surface area contributed by atoms with E-state index >= 15 is 0 Å². The molecule has 21 heavy (non-hydrogen) atoms. The largest absolute Gasteiger partial charge is 0.409 e. The number of aryl methyl sites for hydroxylation is 1. The van der Waals surface area contributed by atoms with Crippen LogP contribution in [0.25, 0.3) is 0 Å². The van der Waals surface area contributed by atoms with E-state index < -0.39 is 0 Å². The fourth-order valence-electron chi connectivity index (χ4n) is 3.15. The van der Waals surface area contributed by atoms with Crippen LogP contribution in [0.3, 0.4) is 0 Å². The summed E-state index contributed by atoms with van der Waals surface area (Å²) >= 11 is 0. The number of rotatable bonds is 3. The average Bonchev–Trinajstić information content (AvgIpc) is 2.72. The number of anilines is 1. The highest BCUT2D eigenvalue weighted by Gasteiger charge is 2.23. The van der Waals surface area contributed by atoms with E-state index in [1.54, 1.807) is 6.20 Å². The molecule has 0 radical (unpaired) electrons. The molecule has 1 atom stereocenters. The predicted molar refractivity (Wildman–Crippen MR) is 85.9 cm³/mol. The van der Waals surface area contributed by atoms with Gasteiger partial charge in [0, 0.05) is 19.3 Å². The molecular formula is C16H26N4O. The zero-order valence-electron chi connectivity index (χ0n) is 13.2. The average molecular weight is 290 g/mol. The molecule has 2 heterocycles. The zero-order valence-corrected chi connectivity index (χ0v) is 13.2. The summed E-state index contributed by atoms with van der Waals surface area (Å²) in [4.78, 5) is 6.78. The Morgan fingerprint density at radius 2 is 2.19 bits per heavy atom. The summed E-state index contributed by atoms with van der Waals surface area (Å²) in [6.45, 7) is 8.52. The summed E-state index contributed by atoms with van der Waals surface area (Å²) in [5.41, 5.74) is 7.59. The Bertz CT molecular complexity index is 513. The van der Waals surface area contributed by atoms with Crippen LogP contribution in [0.4, 0.5) is 5.82 Å². The first-order valence-corrected chi connectivity index (χ1v) is 7.73. The van der Waals surface area contributed by atoms with Crippen LogP contribution in [0.5, 0.6) is 0 Å². The van der Waals surface area contributed by atoms with Crippen LogP contribution in [-0.4, -0.2) is 29.1 Å². The molecule has 116 valence electrons. The molecular weight excluding hydrogens is 264 g/mol. The Hall–Kier alpha value is -1.78. The first kappa shape index (κ1) is 15.6. The molecule has 0 spiro atoms. The fourth-order valence-corrected chi connectivity index (χ4v) is 3.15. The summed E-state index contributed by atoms with van der Waals surface area (Å²) in [6, 6.07) is 1.89. The minimum Gasteiger partial charge on any atom is -0.409 e. The predicted octanol–water partition coefficient (Wildman–Crippen LogP) is 2.75. The van der Waals surface area contributed by atoms with Crippen molar-refractivity contribution >= 4 is 11.7 Å². The van der Waals surface area contributed by atoms with E-state index in [0.717, 1.165) is 48.3 Å². The molecule has 5 nitrogen and oxygen atoms in total. The molecule has 1 aromatic rings. The van der Waals surface area contributed by atoms with Crippen molar-refractivity contribution in [2.45, 2.75) is 40.0 Å². The number of oxime groups is 1. The van der Waals surface area contributed by atoms with Gasteiger partial charge in [-0.15, -0.1) is 0 Å². The van der Waals surface area contributed by atoms with Gasteiger partial charge in [0.2, 0.25) is 0 Å². The highest BCUT2D eigenvalue weighted by molar-refractivity contribution is 6.02. The van der Waals surface area contributed by atoms with Gasteiger partial charge in [-0.3, -0.25) is 0 Å². The third-order valence-corrected chi connectivity index (χ3v) is 4.52. The van der Waals surface area contributed by atoms with Crippen LogP contribution in [-0.2, 0) is 0 Å². The van der Waals surface area contributed by atoms with Gasteiger partial charge in [0.15, 0.2) is 5.84 Å². The van der Waals surface area contributed by atoms with E-state index in [-0.39, 0.29) is 5.84 Å². The van der Waals surface area contributed by atoms with E-state index in [9.17, 15) is 0 Å². The van der Waals surface area contributed by atoms with Crippen LogP contribution in [0.15, 0.2) is 17.4 Å². The second-order valence-electron chi connectivity index (χ2n) is 6.23. The summed E-state index contributed by atoms with van der Waals surface area (Å²) in [7, 11) is 0. The van der Waals surface area contributed by atoms with Gasteiger partial charge in [-0.25, -0.2) is 4.98 Å². The lowest BCUT2D eigenvalue weighted by atomic mass is 9.89. The maximum absolute atomic E-state index is 9.02. The van der Waals surface area contributed by atoms with Crippen molar-refractivity contribution in [1.29, 1.82) is 0 Å². The number of hydrogen-bond acceptors (Lipinski definition) is 4. The molecule has 5 heteroatoms. The van der Waals surface area contributed by atoms with E-state index in [4.69, 9.17) is 10.9 Å². The molecule has 1 unspecified atom stereocenters. The van der Waals surface area contributed by atoms with Gasteiger partial charge in [0.25, 0.3) is 0 Å². The summed E-state index contributed by atoms with van der Waals surface area (Å²) in [5, 5.41) is 12.2. The molecule has 0 amide bonds. The number of nitrogens with two attached hydrogens (primary N) is 1. The minimum absolute atomic E-state index is 0.139. The second kappa shape index (κ2) is 6.78. The molecule has 3 N–H and O–H groups in total. The third-order valence-electron chi connectivity index (χ3n) is 4.52. The zero-order chi connectivity index (χ0) is 15.4. The van der Waals surface area contributed by atoms with Crippen molar-refractivity contribution in [1.82, 2.24) is 4.98 Å². The van der Waals surface area contributed by atoms with Gasteiger partial charge in [-0.1, -0.05) is 19.0 Å². The van der Waals surface area contributed by atoms with Gasteiger partial charge >= 0.3 is 0 Å². The Balaban J connectivity index is 2.28. The van der Waals surface area contributed by atoms with Crippen molar-refractivity contribution in [3.8, 4) is 0 Å². The van der Waals surface area contributed by atoms with Gasteiger partial charge in [-0.2, -0.15) is 0 Å². The maximum Gasteiger partial charge on any atom is 0.174 e. The quantitative estimate of drug-likeness (QED) is 0.388. The van der Waals surface area contributed by atoms with Gasteiger partial charge in [0.05, 0.1) is 5.56 Å². The molecule has 1 aliphatic heterocycles. The summed E-state index contributed by atoms with van der Waals surface area (Å²) in [6.07, 6.45) is 5.39. The van der Waals surface area contributed by atoms with Crippen molar-refractivity contribution in [2.24, 2.45) is 22.7 Å². The van der Waals surface area contributed by atoms with Crippen LogP contribution in [0, 0.1) is 18.8 Å². The molecule has 0 bridgehead atoms. The van der Waals surface area contributed by atoms with Crippen molar-refractivity contribution < 1.29 is 5.21 Å². The van der Waals surface area contributed by atoms with Crippen molar-refractivity contribution in [3.05, 3.63) is 23.4 Å². The first-order chi connectivity index (χ1) is 10.0. The third kappa shape index (κ3) is 3.46. The van der Waals surface area contributed by atoms with Crippen LogP contribution in [0.1, 0.15) is 44.2 Å². The van der Waals surface area contributed by atoms with E-state index in [2.05, 4.69) is 28.9 Å².